The number of carbonyl (C=O) groups is 1. The molecule has 5 rings (SSSR count). The first-order valence-corrected chi connectivity index (χ1v) is 12.4. The molecule has 1 aromatic heterocycles. The highest BCUT2D eigenvalue weighted by atomic mass is 19.4. The Balaban J connectivity index is 1.29. The van der Waals surface area contributed by atoms with Crippen LogP contribution in [-0.4, -0.2) is 50.3 Å². The molecule has 3 aromatic rings. The summed E-state index contributed by atoms with van der Waals surface area (Å²) in [6.07, 6.45) is 0.238. The molecule has 0 spiro atoms. The number of aromatic nitrogens is 1. The van der Waals surface area contributed by atoms with E-state index < -0.39 is 17.6 Å². The number of benzene rings is 2. The monoisotopic (exact) mass is 510 g/mol. The van der Waals surface area contributed by atoms with E-state index >= 15 is 0 Å². The van der Waals surface area contributed by atoms with Crippen molar-refractivity contribution in [2.75, 3.05) is 54.5 Å². The Morgan fingerprint density at radius 2 is 1.76 bits per heavy atom. The summed E-state index contributed by atoms with van der Waals surface area (Å²) < 4.78 is 44.6. The van der Waals surface area contributed by atoms with E-state index in [1.54, 1.807) is 6.07 Å². The largest absolute Gasteiger partial charge is 0.416 e. The molecule has 0 bridgehead atoms. The van der Waals surface area contributed by atoms with Crippen LogP contribution in [0.5, 0.6) is 0 Å². The van der Waals surface area contributed by atoms with Crippen molar-refractivity contribution in [3.63, 3.8) is 0 Å². The number of hydrogen-bond acceptors (Lipinski definition) is 5. The average Bonchev–Trinajstić information content (AvgIpc) is 3.39. The van der Waals surface area contributed by atoms with Crippen LogP contribution in [0.4, 0.5) is 30.2 Å². The number of ether oxygens (including phenoxy) is 1. The highest BCUT2D eigenvalue weighted by molar-refractivity contribution is 6.04. The number of anilines is 3. The number of nitrogens with one attached hydrogen (secondary N) is 1. The first-order chi connectivity index (χ1) is 17.8. The summed E-state index contributed by atoms with van der Waals surface area (Å²) >= 11 is 0. The molecule has 2 saturated heterocycles. The van der Waals surface area contributed by atoms with Crippen LogP contribution in [0.3, 0.4) is 0 Å². The lowest BCUT2D eigenvalue weighted by atomic mass is 9.92. The molecule has 2 aromatic carbocycles. The number of halogens is 3. The topological polar surface area (TPSA) is 57.7 Å². The van der Waals surface area contributed by atoms with Gasteiger partial charge in [-0.05, 0) is 60.9 Å². The van der Waals surface area contributed by atoms with Crippen molar-refractivity contribution in [3.05, 3.63) is 83.2 Å². The van der Waals surface area contributed by atoms with Gasteiger partial charge in [-0.1, -0.05) is 12.1 Å². The van der Waals surface area contributed by atoms with E-state index in [9.17, 15) is 18.0 Å². The zero-order valence-electron chi connectivity index (χ0n) is 20.6. The maximum absolute atomic E-state index is 13.0. The van der Waals surface area contributed by atoms with Gasteiger partial charge in [0.05, 0.1) is 42.5 Å². The number of hydrogen-bond donors (Lipinski definition) is 1. The minimum atomic E-state index is -4.47. The summed E-state index contributed by atoms with van der Waals surface area (Å²) in [4.78, 5) is 22.0. The molecule has 194 valence electrons. The third-order valence-corrected chi connectivity index (χ3v) is 7.07. The number of pyridine rings is 1. The number of nitrogens with zero attached hydrogens (tertiary/aromatic N) is 3. The normalized spacial score (nSPS) is 18.2. The Hall–Kier alpha value is -3.59. The van der Waals surface area contributed by atoms with Gasteiger partial charge in [-0.25, -0.2) is 0 Å². The maximum atomic E-state index is 13.0. The van der Waals surface area contributed by atoms with Gasteiger partial charge in [0.1, 0.15) is 0 Å². The second-order valence-electron chi connectivity index (χ2n) is 9.54. The van der Waals surface area contributed by atoms with Crippen molar-refractivity contribution in [2.24, 2.45) is 0 Å². The summed E-state index contributed by atoms with van der Waals surface area (Å²) in [7, 11) is 0. The van der Waals surface area contributed by atoms with E-state index in [0.29, 0.717) is 18.8 Å². The lowest BCUT2D eigenvalue weighted by Gasteiger charge is -2.29. The van der Waals surface area contributed by atoms with Crippen LogP contribution < -0.4 is 15.1 Å². The van der Waals surface area contributed by atoms with Gasteiger partial charge in [-0.15, -0.1) is 0 Å². The van der Waals surface area contributed by atoms with E-state index in [-0.39, 0.29) is 11.6 Å². The summed E-state index contributed by atoms with van der Waals surface area (Å²) in [6.45, 7) is 6.82. The molecule has 0 unspecified atom stereocenters. The molecule has 0 aliphatic carbocycles. The van der Waals surface area contributed by atoms with Crippen LogP contribution in [-0.2, 0) is 10.9 Å². The number of carbonyl (C=O) groups excluding carboxylic acids is 1. The van der Waals surface area contributed by atoms with Crippen molar-refractivity contribution < 1.29 is 22.7 Å². The third-order valence-electron chi connectivity index (χ3n) is 7.07. The highest BCUT2D eigenvalue weighted by Crippen LogP contribution is 2.34. The number of amides is 1. The molecule has 37 heavy (non-hydrogen) atoms. The quantitative estimate of drug-likeness (QED) is 0.492. The van der Waals surface area contributed by atoms with E-state index in [4.69, 9.17) is 4.74 Å². The van der Waals surface area contributed by atoms with Crippen LogP contribution in [0.25, 0.3) is 0 Å². The third kappa shape index (κ3) is 5.72. The Labute approximate surface area is 214 Å². The fraction of sp³-hybridized carbons (Fsp3) is 0.357. The highest BCUT2D eigenvalue weighted by Gasteiger charge is 2.31. The molecular formula is C28H29F3N4O2. The van der Waals surface area contributed by atoms with Crippen molar-refractivity contribution >= 4 is 23.0 Å². The zero-order valence-corrected chi connectivity index (χ0v) is 20.6. The summed E-state index contributed by atoms with van der Waals surface area (Å²) in [6, 6.07) is 12.3. The van der Waals surface area contributed by atoms with E-state index in [0.717, 1.165) is 67.2 Å². The van der Waals surface area contributed by atoms with Gasteiger partial charge in [-0.2, -0.15) is 13.2 Å². The van der Waals surface area contributed by atoms with Crippen LogP contribution in [0.1, 0.15) is 39.4 Å². The first-order valence-electron chi connectivity index (χ1n) is 12.4. The first kappa shape index (κ1) is 25.1. The molecule has 1 N–H and O–H groups in total. The van der Waals surface area contributed by atoms with E-state index in [1.165, 1.54) is 12.1 Å². The number of morpholine rings is 1. The van der Waals surface area contributed by atoms with E-state index in [2.05, 4.69) is 26.2 Å². The number of rotatable bonds is 5. The average molecular weight is 511 g/mol. The molecule has 0 radical (unpaired) electrons. The number of aryl methyl sites for hydroxylation is 1. The summed E-state index contributed by atoms with van der Waals surface area (Å²) in [5, 5.41) is 2.61. The standard InChI is InChI=1S/C28H29F3N4O2/c1-19-5-6-20(27(36)33-23-4-2-3-22(14-23)28(29,30)31)13-26(19)21-7-8-35(18-21)25-15-24(16-32-17-25)34-9-11-37-12-10-34/h2-6,13-17,21H,7-12,18H2,1H3,(H,33,36)/t21-/m1/s1. The molecule has 3 heterocycles. The second-order valence-corrected chi connectivity index (χ2v) is 9.54. The van der Waals surface area contributed by atoms with Crippen molar-refractivity contribution in [2.45, 2.75) is 25.4 Å². The fourth-order valence-electron chi connectivity index (χ4n) is 5.03. The Morgan fingerprint density at radius 1 is 1.00 bits per heavy atom. The minimum absolute atomic E-state index is 0.113. The van der Waals surface area contributed by atoms with Crippen molar-refractivity contribution in [1.82, 2.24) is 4.98 Å². The fourth-order valence-corrected chi connectivity index (χ4v) is 5.03. The number of alkyl halides is 3. The van der Waals surface area contributed by atoms with Gasteiger partial charge in [0.15, 0.2) is 0 Å². The molecule has 6 nitrogen and oxygen atoms in total. The Bertz CT molecular complexity index is 1270. The zero-order chi connectivity index (χ0) is 26.0. The van der Waals surface area contributed by atoms with Crippen LogP contribution in [0.2, 0.25) is 0 Å². The Morgan fingerprint density at radius 3 is 2.51 bits per heavy atom. The summed E-state index contributed by atoms with van der Waals surface area (Å²) in [5.41, 5.74) is 4.07. The van der Waals surface area contributed by atoms with Crippen LogP contribution in [0.15, 0.2) is 60.9 Å². The van der Waals surface area contributed by atoms with Crippen molar-refractivity contribution in [1.29, 1.82) is 0 Å². The van der Waals surface area contributed by atoms with E-state index in [1.807, 2.05) is 31.5 Å². The molecule has 2 fully saturated rings. The molecular weight excluding hydrogens is 481 g/mol. The van der Waals surface area contributed by atoms with Crippen molar-refractivity contribution in [3.8, 4) is 0 Å². The second kappa shape index (κ2) is 10.4. The van der Waals surface area contributed by atoms with Gasteiger partial charge < -0.3 is 19.9 Å². The van der Waals surface area contributed by atoms with Crippen LogP contribution >= 0.6 is 0 Å². The van der Waals surface area contributed by atoms with Gasteiger partial charge in [0.2, 0.25) is 0 Å². The van der Waals surface area contributed by atoms with Gasteiger partial charge in [0, 0.05) is 43.3 Å². The lowest BCUT2D eigenvalue weighted by Crippen LogP contribution is -2.36. The molecule has 0 saturated carbocycles. The molecule has 9 heteroatoms. The maximum Gasteiger partial charge on any atom is 0.416 e. The predicted molar refractivity (Wildman–Crippen MR) is 137 cm³/mol. The lowest BCUT2D eigenvalue weighted by molar-refractivity contribution is -0.137. The molecule has 2 aliphatic heterocycles. The van der Waals surface area contributed by atoms with Gasteiger partial charge in [0.25, 0.3) is 5.91 Å². The molecule has 1 atom stereocenters. The predicted octanol–water partition coefficient (Wildman–Crippen LogP) is 5.49. The van der Waals surface area contributed by atoms with Gasteiger partial charge >= 0.3 is 6.18 Å². The smallest absolute Gasteiger partial charge is 0.378 e. The van der Waals surface area contributed by atoms with Gasteiger partial charge in [-0.3, -0.25) is 9.78 Å². The SMILES string of the molecule is Cc1ccc(C(=O)Nc2cccc(C(F)(F)F)c2)cc1[C@@H]1CCN(c2cncc(N3CCOCC3)c2)C1. The summed E-state index contributed by atoms with van der Waals surface area (Å²) in [5.74, 6) is -0.203. The molecule has 2 aliphatic rings. The van der Waals surface area contributed by atoms with Crippen LogP contribution in [0, 0.1) is 6.92 Å². The minimum Gasteiger partial charge on any atom is -0.378 e. The molecule has 1 amide bonds. The Kier molecular flexibility index (Phi) is 7.06.